The van der Waals surface area contributed by atoms with Gasteiger partial charge in [-0.15, -0.1) is 0 Å². The molecule has 0 aromatic carbocycles. The van der Waals surface area contributed by atoms with Crippen LogP contribution in [0, 0.1) is 11.3 Å². The third-order valence-electron chi connectivity index (χ3n) is 2.58. The Bertz CT molecular complexity index is 449. The first-order chi connectivity index (χ1) is 8.10. The van der Waals surface area contributed by atoms with Gasteiger partial charge in [0.25, 0.3) is 0 Å². The second-order valence-corrected chi connectivity index (χ2v) is 4.49. The summed E-state index contributed by atoms with van der Waals surface area (Å²) in [6, 6.07) is 2.08. The van der Waals surface area contributed by atoms with Gasteiger partial charge >= 0.3 is 0 Å². The average Bonchev–Trinajstić information content (AvgIpc) is 2.27. The van der Waals surface area contributed by atoms with Crippen molar-refractivity contribution in [3.05, 3.63) is 17.0 Å². The van der Waals surface area contributed by atoms with Gasteiger partial charge in [-0.3, -0.25) is 0 Å². The van der Waals surface area contributed by atoms with Gasteiger partial charge in [-0.25, -0.2) is 4.98 Å². The van der Waals surface area contributed by atoms with Gasteiger partial charge in [0.15, 0.2) is 5.82 Å². The molecule has 0 N–H and O–H groups in total. The van der Waals surface area contributed by atoms with Crippen molar-refractivity contribution < 1.29 is 4.74 Å². The highest BCUT2D eigenvalue weighted by Crippen LogP contribution is 2.22. The first kappa shape index (κ1) is 12.1. The molecule has 5 nitrogen and oxygen atoms in total. The molecule has 0 radical (unpaired) electrons. The van der Waals surface area contributed by atoms with E-state index in [9.17, 15) is 0 Å². The van der Waals surface area contributed by atoms with E-state index in [2.05, 4.69) is 16.0 Å². The van der Waals surface area contributed by atoms with Gasteiger partial charge in [-0.05, 0) is 25.4 Å². The minimum atomic E-state index is 0.110. The minimum absolute atomic E-state index is 0.110. The molecule has 1 saturated heterocycles. The fraction of sp³-hybridized carbons (Fsp3) is 0.545. The predicted octanol–water partition coefficient (Wildman–Crippen LogP) is 1.62. The van der Waals surface area contributed by atoms with E-state index in [-0.39, 0.29) is 17.5 Å². The molecular weight excluding hydrogens is 240 g/mol. The molecule has 1 fully saturated rings. The Hall–Kier alpha value is -1.38. The Labute approximate surface area is 105 Å². The summed E-state index contributed by atoms with van der Waals surface area (Å²) < 4.78 is 5.64. The molecule has 1 aromatic heterocycles. The minimum Gasteiger partial charge on any atom is -0.372 e. The molecule has 1 aromatic rings. The number of ether oxygens (including phenoxy) is 1. The number of aromatic nitrogens is 2. The lowest BCUT2D eigenvalue weighted by Gasteiger charge is -2.36. The molecule has 2 rings (SSSR count). The van der Waals surface area contributed by atoms with E-state index in [0.29, 0.717) is 24.5 Å². The Kier molecular flexibility index (Phi) is 3.46. The lowest BCUT2D eigenvalue weighted by molar-refractivity contribution is -0.00548. The van der Waals surface area contributed by atoms with Crippen LogP contribution in [0.15, 0.2) is 6.20 Å². The smallest absolute Gasteiger partial charge is 0.224 e. The summed E-state index contributed by atoms with van der Waals surface area (Å²) in [6.07, 6.45) is 1.67. The summed E-state index contributed by atoms with van der Waals surface area (Å²) in [7, 11) is 0. The van der Waals surface area contributed by atoms with Crippen LogP contribution in [0.25, 0.3) is 0 Å². The van der Waals surface area contributed by atoms with Crippen molar-refractivity contribution in [3.63, 3.8) is 0 Å². The van der Waals surface area contributed by atoms with Gasteiger partial charge in [0, 0.05) is 13.1 Å². The Balaban J connectivity index is 2.33. The van der Waals surface area contributed by atoms with E-state index in [0.717, 1.165) is 0 Å². The van der Waals surface area contributed by atoms with E-state index in [1.807, 2.05) is 18.7 Å². The maximum absolute atomic E-state index is 9.04. The predicted molar refractivity (Wildman–Crippen MR) is 64.0 cm³/mol. The van der Waals surface area contributed by atoms with Crippen molar-refractivity contribution in [2.24, 2.45) is 0 Å². The van der Waals surface area contributed by atoms with Gasteiger partial charge in [0.2, 0.25) is 5.28 Å². The van der Waals surface area contributed by atoms with Gasteiger partial charge in [0.05, 0.1) is 18.4 Å². The maximum atomic E-state index is 9.04. The standard InChI is InChI=1S/C11H13ClN4O/c1-7-5-16(6-8(2)17-7)10-9(3-13)4-14-11(12)15-10/h4,7-8H,5-6H2,1-2H3/t7-,8+. The summed E-state index contributed by atoms with van der Waals surface area (Å²) in [5, 5.41) is 9.20. The molecule has 1 aliphatic heterocycles. The molecule has 0 aliphatic carbocycles. The normalized spacial score (nSPS) is 24.5. The van der Waals surface area contributed by atoms with Crippen molar-refractivity contribution in [2.75, 3.05) is 18.0 Å². The lowest BCUT2D eigenvalue weighted by Crippen LogP contribution is -2.46. The van der Waals surface area contributed by atoms with E-state index >= 15 is 0 Å². The van der Waals surface area contributed by atoms with Crippen LogP contribution in [0.3, 0.4) is 0 Å². The third kappa shape index (κ3) is 2.65. The third-order valence-corrected chi connectivity index (χ3v) is 2.76. The maximum Gasteiger partial charge on any atom is 0.224 e. The number of hydrogen-bond acceptors (Lipinski definition) is 5. The fourth-order valence-electron chi connectivity index (χ4n) is 2.02. The molecule has 0 unspecified atom stereocenters. The summed E-state index contributed by atoms with van der Waals surface area (Å²) in [5.74, 6) is 0.592. The highest BCUT2D eigenvalue weighted by atomic mass is 35.5. The van der Waals surface area contributed by atoms with Crippen LogP contribution in [0.4, 0.5) is 5.82 Å². The number of nitriles is 1. The van der Waals surface area contributed by atoms with Crippen LogP contribution in [-0.4, -0.2) is 35.3 Å². The van der Waals surface area contributed by atoms with Crippen LogP contribution in [-0.2, 0) is 4.74 Å². The molecule has 0 amide bonds. The van der Waals surface area contributed by atoms with Gasteiger partial charge in [-0.2, -0.15) is 10.2 Å². The van der Waals surface area contributed by atoms with Crippen LogP contribution in [0.1, 0.15) is 19.4 Å². The van der Waals surface area contributed by atoms with E-state index in [1.54, 1.807) is 0 Å². The quantitative estimate of drug-likeness (QED) is 0.711. The first-order valence-electron chi connectivity index (χ1n) is 5.43. The van der Waals surface area contributed by atoms with Crippen LogP contribution >= 0.6 is 11.6 Å². The Morgan fingerprint density at radius 1 is 1.47 bits per heavy atom. The summed E-state index contributed by atoms with van der Waals surface area (Å²) in [4.78, 5) is 9.97. The summed E-state index contributed by atoms with van der Waals surface area (Å²) in [6.45, 7) is 5.40. The summed E-state index contributed by atoms with van der Waals surface area (Å²) in [5.41, 5.74) is 0.440. The average molecular weight is 253 g/mol. The zero-order chi connectivity index (χ0) is 12.4. The molecule has 90 valence electrons. The number of morpholine rings is 1. The van der Waals surface area contributed by atoms with E-state index in [1.165, 1.54) is 6.20 Å². The second kappa shape index (κ2) is 4.86. The number of anilines is 1. The van der Waals surface area contributed by atoms with Crippen molar-refractivity contribution in [1.82, 2.24) is 9.97 Å². The van der Waals surface area contributed by atoms with Crippen LogP contribution in [0.5, 0.6) is 0 Å². The van der Waals surface area contributed by atoms with Gasteiger partial charge in [-0.1, -0.05) is 0 Å². The summed E-state index contributed by atoms with van der Waals surface area (Å²) >= 11 is 5.78. The van der Waals surface area contributed by atoms with Crippen molar-refractivity contribution in [1.29, 1.82) is 5.26 Å². The number of hydrogen-bond donors (Lipinski definition) is 0. The largest absolute Gasteiger partial charge is 0.372 e. The molecule has 17 heavy (non-hydrogen) atoms. The van der Waals surface area contributed by atoms with E-state index < -0.39 is 0 Å². The van der Waals surface area contributed by atoms with Gasteiger partial charge in [0.1, 0.15) is 11.6 Å². The van der Waals surface area contributed by atoms with Crippen LogP contribution < -0.4 is 4.90 Å². The van der Waals surface area contributed by atoms with Crippen LogP contribution in [0.2, 0.25) is 5.28 Å². The monoisotopic (exact) mass is 252 g/mol. The number of nitrogens with zero attached hydrogens (tertiary/aromatic N) is 4. The number of halogens is 1. The highest BCUT2D eigenvalue weighted by molar-refractivity contribution is 6.28. The molecule has 2 atom stereocenters. The van der Waals surface area contributed by atoms with Gasteiger partial charge < -0.3 is 9.64 Å². The van der Waals surface area contributed by atoms with Crippen molar-refractivity contribution in [2.45, 2.75) is 26.1 Å². The molecule has 0 spiro atoms. The lowest BCUT2D eigenvalue weighted by atomic mass is 10.2. The van der Waals surface area contributed by atoms with Crippen molar-refractivity contribution >= 4 is 17.4 Å². The first-order valence-corrected chi connectivity index (χ1v) is 5.81. The highest BCUT2D eigenvalue weighted by Gasteiger charge is 2.25. The molecular formula is C11H13ClN4O. The SMILES string of the molecule is C[C@@H]1CN(c2nc(Cl)ncc2C#N)C[C@H](C)O1. The molecule has 1 aliphatic rings. The van der Waals surface area contributed by atoms with E-state index in [4.69, 9.17) is 21.6 Å². The zero-order valence-corrected chi connectivity index (χ0v) is 10.5. The Morgan fingerprint density at radius 2 is 2.12 bits per heavy atom. The molecule has 6 heteroatoms. The topological polar surface area (TPSA) is 62.0 Å². The molecule has 0 saturated carbocycles. The zero-order valence-electron chi connectivity index (χ0n) is 9.72. The second-order valence-electron chi connectivity index (χ2n) is 4.15. The Morgan fingerprint density at radius 3 is 2.71 bits per heavy atom. The molecule has 0 bridgehead atoms. The fourth-order valence-corrected chi connectivity index (χ4v) is 2.15. The van der Waals surface area contributed by atoms with Crippen molar-refractivity contribution in [3.8, 4) is 6.07 Å². The molecule has 2 heterocycles. The number of rotatable bonds is 1.